The fourth-order valence-electron chi connectivity index (χ4n) is 5.06. The van der Waals surface area contributed by atoms with Crippen LogP contribution in [0.1, 0.15) is 56.6 Å². The number of allylic oxidation sites excluding steroid dienone is 3. The molecule has 1 N–H and O–H groups in total. The molecule has 0 bridgehead atoms. The van der Waals surface area contributed by atoms with Gasteiger partial charge >= 0.3 is 5.97 Å². The summed E-state index contributed by atoms with van der Waals surface area (Å²) in [5, 5.41) is 3.38. The van der Waals surface area contributed by atoms with E-state index >= 15 is 0 Å². The number of benzene rings is 2. The van der Waals surface area contributed by atoms with E-state index in [9.17, 15) is 9.59 Å². The van der Waals surface area contributed by atoms with E-state index in [0.717, 1.165) is 22.6 Å². The van der Waals surface area contributed by atoms with Crippen molar-refractivity contribution in [3.8, 4) is 11.5 Å². The molecule has 0 saturated carbocycles. The Kier molecular flexibility index (Phi) is 7.06. The fourth-order valence-corrected chi connectivity index (χ4v) is 5.06. The lowest BCUT2D eigenvalue weighted by Crippen LogP contribution is -2.36. The Morgan fingerprint density at radius 3 is 2.32 bits per heavy atom. The van der Waals surface area contributed by atoms with E-state index in [-0.39, 0.29) is 18.3 Å². The van der Waals surface area contributed by atoms with E-state index in [1.54, 1.807) is 14.0 Å². The van der Waals surface area contributed by atoms with Crippen molar-refractivity contribution in [2.75, 3.05) is 20.3 Å². The molecule has 178 valence electrons. The number of para-hydroxylation sites is 2. The minimum Gasteiger partial charge on any atom is -0.496 e. The van der Waals surface area contributed by atoms with E-state index < -0.39 is 11.9 Å². The highest BCUT2D eigenvalue weighted by Crippen LogP contribution is 2.48. The molecule has 2 atom stereocenters. The molecule has 2 unspecified atom stereocenters. The summed E-state index contributed by atoms with van der Waals surface area (Å²) in [6, 6.07) is 15.4. The van der Waals surface area contributed by atoms with Gasteiger partial charge in [-0.1, -0.05) is 36.4 Å². The van der Waals surface area contributed by atoms with Gasteiger partial charge in [0.25, 0.3) is 0 Å². The van der Waals surface area contributed by atoms with Gasteiger partial charge in [-0.25, -0.2) is 4.79 Å². The molecule has 0 spiro atoms. The molecule has 34 heavy (non-hydrogen) atoms. The first-order valence-corrected chi connectivity index (χ1v) is 11.8. The first-order chi connectivity index (χ1) is 16.5. The van der Waals surface area contributed by atoms with Gasteiger partial charge in [0.1, 0.15) is 11.5 Å². The summed E-state index contributed by atoms with van der Waals surface area (Å²) in [7, 11) is 1.65. The lowest BCUT2D eigenvalue weighted by molar-refractivity contribution is -0.138. The molecule has 0 fully saturated rings. The predicted octanol–water partition coefficient (Wildman–Crippen LogP) is 5.02. The Morgan fingerprint density at radius 2 is 1.65 bits per heavy atom. The third kappa shape index (κ3) is 4.32. The highest BCUT2D eigenvalue weighted by molar-refractivity contribution is 6.04. The van der Waals surface area contributed by atoms with E-state index in [4.69, 9.17) is 14.2 Å². The minimum atomic E-state index is -0.552. The van der Waals surface area contributed by atoms with Crippen LogP contribution in [0.5, 0.6) is 11.5 Å². The van der Waals surface area contributed by atoms with Gasteiger partial charge in [0, 0.05) is 34.9 Å². The van der Waals surface area contributed by atoms with E-state index in [1.807, 2.05) is 62.4 Å². The van der Waals surface area contributed by atoms with Crippen molar-refractivity contribution in [3.63, 3.8) is 0 Å². The third-order valence-electron chi connectivity index (χ3n) is 6.43. The Hall–Kier alpha value is -3.54. The second kappa shape index (κ2) is 10.2. The number of carbonyl (C=O) groups is 2. The molecule has 6 nitrogen and oxygen atoms in total. The lowest BCUT2D eigenvalue weighted by atomic mass is 9.71. The molecule has 0 amide bonds. The van der Waals surface area contributed by atoms with E-state index in [2.05, 4.69) is 5.32 Å². The van der Waals surface area contributed by atoms with Gasteiger partial charge in [-0.2, -0.15) is 0 Å². The largest absolute Gasteiger partial charge is 0.496 e. The maximum atomic E-state index is 13.7. The topological polar surface area (TPSA) is 73.9 Å². The van der Waals surface area contributed by atoms with E-state index in [1.165, 1.54) is 0 Å². The number of dihydropyridines is 1. The Balaban J connectivity index is 1.84. The van der Waals surface area contributed by atoms with Crippen molar-refractivity contribution in [3.05, 3.63) is 82.2 Å². The molecule has 2 aromatic rings. The van der Waals surface area contributed by atoms with Crippen LogP contribution in [0.15, 0.2) is 71.1 Å². The van der Waals surface area contributed by atoms with Crippen LogP contribution in [0.25, 0.3) is 0 Å². The van der Waals surface area contributed by atoms with Crippen molar-refractivity contribution in [2.24, 2.45) is 0 Å². The SMILES string of the molecule is CCOC(=O)C1=C(C)NC2=C(C(=O)CC(c3ccccc3OC)C2)C1c1ccccc1OCC. The highest BCUT2D eigenvalue weighted by atomic mass is 16.5. The highest BCUT2D eigenvalue weighted by Gasteiger charge is 2.42. The van der Waals surface area contributed by atoms with Gasteiger partial charge in [-0.05, 0) is 44.9 Å². The van der Waals surface area contributed by atoms with Crippen molar-refractivity contribution in [1.82, 2.24) is 5.32 Å². The number of ketones is 1. The van der Waals surface area contributed by atoms with Gasteiger partial charge in [0.2, 0.25) is 0 Å². The number of nitrogens with one attached hydrogen (secondary N) is 1. The number of ether oxygens (including phenoxy) is 3. The molecule has 2 aliphatic rings. The molecule has 1 aliphatic carbocycles. The summed E-state index contributed by atoms with van der Waals surface area (Å²) in [6.45, 7) is 6.30. The van der Waals surface area contributed by atoms with Crippen LogP contribution in [0, 0.1) is 0 Å². The van der Waals surface area contributed by atoms with Crippen molar-refractivity contribution in [2.45, 2.75) is 45.4 Å². The van der Waals surface area contributed by atoms with E-state index in [0.29, 0.717) is 42.0 Å². The number of rotatable bonds is 7. The van der Waals surface area contributed by atoms with Gasteiger partial charge in [0.05, 0.1) is 31.8 Å². The minimum absolute atomic E-state index is 0.00950. The normalized spacial score (nSPS) is 19.9. The first kappa shape index (κ1) is 23.6. The number of methoxy groups -OCH3 is 1. The van der Waals surface area contributed by atoms with Crippen LogP contribution in [0.2, 0.25) is 0 Å². The molecule has 0 radical (unpaired) electrons. The zero-order valence-electron chi connectivity index (χ0n) is 20.1. The molecule has 4 rings (SSSR count). The quantitative estimate of drug-likeness (QED) is 0.584. The zero-order valence-corrected chi connectivity index (χ0v) is 20.1. The summed E-state index contributed by atoms with van der Waals surface area (Å²) in [5.41, 5.74) is 4.42. The monoisotopic (exact) mass is 461 g/mol. The Labute approximate surface area is 200 Å². The van der Waals surface area contributed by atoms with Crippen molar-refractivity contribution in [1.29, 1.82) is 0 Å². The Morgan fingerprint density at radius 1 is 0.971 bits per heavy atom. The van der Waals surface area contributed by atoms with Gasteiger partial charge in [-0.3, -0.25) is 4.79 Å². The smallest absolute Gasteiger partial charge is 0.336 e. The first-order valence-electron chi connectivity index (χ1n) is 11.8. The molecule has 1 heterocycles. The van der Waals surface area contributed by atoms with Crippen LogP contribution in [-0.4, -0.2) is 32.1 Å². The molecular weight excluding hydrogens is 430 g/mol. The molecule has 0 saturated heterocycles. The number of esters is 1. The molecule has 1 aliphatic heterocycles. The van der Waals surface area contributed by atoms with Gasteiger partial charge < -0.3 is 19.5 Å². The number of Topliss-reactive ketones (excluding diaryl/α,β-unsaturated/α-hetero) is 1. The predicted molar refractivity (Wildman–Crippen MR) is 130 cm³/mol. The van der Waals surface area contributed by atoms with Crippen LogP contribution in [-0.2, 0) is 14.3 Å². The fraction of sp³-hybridized carbons (Fsp3) is 0.357. The summed E-state index contributed by atoms with van der Waals surface area (Å²) >= 11 is 0. The van der Waals surface area contributed by atoms with Gasteiger partial charge in [-0.15, -0.1) is 0 Å². The van der Waals surface area contributed by atoms with Gasteiger partial charge in [0.15, 0.2) is 5.78 Å². The lowest BCUT2D eigenvalue weighted by Gasteiger charge is -2.37. The number of hydrogen-bond acceptors (Lipinski definition) is 6. The van der Waals surface area contributed by atoms with Crippen LogP contribution in [0.3, 0.4) is 0 Å². The molecule has 2 aromatic carbocycles. The standard InChI is InChI=1S/C28H31NO5/c1-5-33-24-14-10-8-12-20(24)26-25(28(31)34-6-2)17(3)29-21-15-18(16-22(30)27(21)26)19-11-7-9-13-23(19)32-4/h7-14,18,26,29H,5-6,15-16H2,1-4H3. The summed E-state index contributed by atoms with van der Waals surface area (Å²) < 4.78 is 16.9. The summed E-state index contributed by atoms with van der Waals surface area (Å²) in [6.07, 6.45) is 0.978. The van der Waals surface area contributed by atoms with Crippen LogP contribution < -0.4 is 14.8 Å². The number of hydrogen-bond donors (Lipinski definition) is 1. The number of carbonyl (C=O) groups excluding carboxylic acids is 2. The third-order valence-corrected chi connectivity index (χ3v) is 6.43. The molecular formula is C28H31NO5. The van der Waals surface area contributed by atoms with Crippen LogP contribution in [0.4, 0.5) is 0 Å². The molecule has 6 heteroatoms. The summed E-state index contributed by atoms with van der Waals surface area (Å²) in [4.78, 5) is 26.8. The van der Waals surface area contributed by atoms with Crippen LogP contribution >= 0.6 is 0 Å². The van der Waals surface area contributed by atoms with Crippen molar-refractivity contribution < 1.29 is 23.8 Å². The molecule has 0 aromatic heterocycles. The average molecular weight is 462 g/mol. The van der Waals surface area contributed by atoms with Crippen molar-refractivity contribution >= 4 is 11.8 Å². The second-order valence-corrected chi connectivity index (χ2v) is 8.45. The average Bonchev–Trinajstić information content (AvgIpc) is 2.83. The maximum absolute atomic E-state index is 13.7. The second-order valence-electron chi connectivity index (χ2n) is 8.45. The Bertz CT molecular complexity index is 1160. The maximum Gasteiger partial charge on any atom is 0.336 e. The zero-order chi connectivity index (χ0) is 24.2. The summed E-state index contributed by atoms with van der Waals surface area (Å²) in [5.74, 6) is 0.458.